The van der Waals surface area contributed by atoms with E-state index in [2.05, 4.69) is 30.2 Å². The molecule has 0 N–H and O–H groups in total. The van der Waals surface area contributed by atoms with Gasteiger partial charge in [-0.2, -0.15) is 0 Å². The Morgan fingerprint density at radius 3 is 2.60 bits per heavy atom. The van der Waals surface area contributed by atoms with E-state index in [1.54, 1.807) is 7.11 Å². The highest BCUT2D eigenvalue weighted by molar-refractivity contribution is 5.44. The van der Waals surface area contributed by atoms with Gasteiger partial charge in [0.2, 0.25) is 0 Å². The van der Waals surface area contributed by atoms with Crippen LogP contribution in [-0.4, -0.2) is 16.5 Å². The Bertz CT molecular complexity index is 480. The lowest BCUT2D eigenvalue weighted by Crippen LogP contribution is -2.14. The summed E-state index contributed by atoms with van der Waals surface area (Å²) in [5, 5.41) is 0. The maximum absolute atomic E-state index is 5.21. The molecule has 2 heterocycles. The monoisotopic (exact) mass is 204 g/mol. The average Bonchev–Trinajstić information content (AvgIpc) is 2.59. The van der Waals surface area contributed by atoms with Crippen LogP contribution < -0.4 is 4.74 Å². The van der Waals surface area contributed by atoms with Crippen molar-refractivity contribution in [1.29, 1.82) is 0 Å². The fourth-order valence-corrected chi connectivity index (χ4v) is 1.64. The molecule has 0 unspecified atom stereocenters. The molecular weight excluding hydrogens is 188 g/mol. The summed E-state index contributed by atoms with van der Waals surface area (Å²) in [6.07, 6.45) is 3.90. The number of methoxy groups -OCH3 is 1. The number of hydrogen-bond acceptors (Lipinski definition) is 2. The molecule has 0 saturated heterocycles. The van der Waals surface area contributed by atoms with Crippen molar-refractivity contribution in [2.24, 2.45) is 0 Å². The second kappa shape index (κ2) is 3.26. The summed E-state index contributed by atoms with van der Waals surface area (Å²) in [4.78, 5) is 4.37. The quantitative estimate of drug-likeness (QED) is 0.714. The molecule has 0 radical (unpaired) electrons. The molecule has 0 amide bonds. The predicted octanol–water partition coefficient (Wildman–Crippen LogP) is 2.64. The zero-order valence-electron chi connectivity index (χ0n) is 9.61. The molecule has 0 saturated carbocycles. The SMILES string of the molecule is COc1ccc2ncc(C(C)(C)C)n2c1. The summed E-state index contributed by atoms with van der Waals surface area (Å²) in [6.45, 7) is 6.53. The second-order valence-electron chi connectivity index (χ2n) is 4.69. The van der Waals surface area contributed by atoms with Crippen LogP contribution >= 0.6 is 0 Å². The third-order valence-electron chi connectivity index (χ3n) is 2.48. The summed E-state index contributed by atoms with van der Waals surface area (Å²) < 4.78 is 7.29. The number of ether oxygens (including phenoxy) is 1. The number of aromatic nitrogens is 2. The Morgan fingerprint density at radius 1 is 1.27 bits per heavy atom. The molecule has 0 aromatic carbocycles. The van der Waals surface area contributed by atoms with Crippen LogP contribution in [0.4, 0.5) is 0 Å². The van der Waals surface area contributed by atoms with E-state index >= 15 is 0 Å². The van der Waals surface area contributed by atoms with E-state index in [0.717, 1.165) is 11.4 Å². The summed E-state index contributed by atoms with van der Waals surface area (Å²) in [6, 6.07) is 3.89. The molecule has 0 spiro atoms. The van der Waals surface area contributed by atoms with Gasteiger partial charge in [0.25, 0.3) is 0 Å². The Labute approximate surface area is 89.7 Å². The molecule has 3 nitrogen and oxygen atoms in total. The van der Waals surface area contributed by atoms with Crippen molar-refractivity contribution < 1.29 is 4.74 Å². The van der Waals surface area contributed by atoms with Gasteiger partial charge in [0.05, 0.1) is 13.3 Å². The summed E-state index contributed by atoms with van der Waals surface area (Å²) in [5.41, 5.74) is 2.24. The summed E-state index contributed by atoms with van der Waals surface area (Å²) in [7, 11) is 1.68. The zero-order chi connectivity index (χ0) is 11.1. The van der Waals surface area contributed by atoms with Crippen LogP contribution in [0.5, 0.6) is 5.75 Å². The first kappa shape index (κ1) is 10.0. The topological polar surface area (TPSA) is 26.5 Å². The highest BCUT2D eigenvalue weighted by atomic mass is 16.5. The van der Waals surface area contributed by atoms with Crippen LogP contribution in [0.2, 0.25) is 0 Å². The molecule has 2 aromatic rings. The van der Waals surface area contributed by atoms with Gasteiger partial charge < -0.3 is 4.74 Å². The fourth-order valence-electron chi connectivity index (χ4n) is 1.64. The number of rotatable bonds is 1. The smallest absolute Gasteiger partial charge is 0.137 e. The first-order chi connectivity index (χ1) is 7.02. The molecule has 0 aliphatic carbocycles. The first-order valence-electron chi connectivity index (χ1n) is 5.04. The van der Waals surface area contributed by atoms with Crippen molar-refractivity contribution in [3.63, 3.8) is 0 Å². The minimum absolute atomic E-state index is 0.0891. The minimum Gasteiger partial charge on any atom is -0.495 e. The molecule has 80 valence electrons. The van der Waals surface area contributed by atoms with E-state index in [4.69, 9.17) is 4.74 Å². The van der Waals surface area contributed by atoms with Crippen molar-refractivity contribution in [3.8, 4) is 5.75 Å². The van der Waals surface area contributed by atoms with E-state index < -0.39 is 0 Å². The molecule has 0 atom stereocenters. The van der Waals surface area contributed by atoms with Crippen molar-refractivity contribution in [2.45, 2.75) is 26.2 Å². The maximum Gasteiger partial charge on any atom is 0.137 e. The van der Waals surface area contributed by atoms with Crippen molar-refractivity contribution in [3.05, 3.63) is 30.2 Å². The van der Waals surface area contributed by atoms with Gasteiger partial charge in [-0.3, -0.25) is 4.40 Å². The summed E-state index contributed by atoms with van der Waals surface area (Å²) in [5.74, 6) is 0.853. The van der Waals surface area contributed by atoms with E-state index in [1.807, 2.05) is 24.5 Å². The van der Waals surface area contributed by atoms with E-state index in [1.165, 1.54) is 5.69 Å². The Morgan fingerprint density at radius 2 is 2.00 bits per heavy atom. The Kier molecular flexibility index (Phi) is 2.18. The number of fused-ring (bicyclic) bond motifs is 1. The van der Waals surface area contributed by atoms with Gasteiger partial charge in [-0.05, 0) is 12.1 Å². The van der Waals surface area contributed by atoms with Gasteiger partial charge in [0, 0.05) is 17.3 Å². The molecule has 0 aliphatic heterocycles. The third kappa shape index (κ3) is 1.69. The summed E-state index contributed by atoms with van der Waals surface area (Å²) >= 11 is 0. The molecule has 0 fully saturated rings. The van der Waals surface area contributed by atoms with Crippen LogP contribution in [0.25, 0.3) is 5.65 Å². The lowest BCUT2D eigenvalue weighted by molar-refractivity contribution is 0.411. The van der Waals surface area contributed by atoms with Gasteiger partial charge in [-0.25, -0.2) is 4.98 Å². The standard InChI is InChI=1S/C12H16N2O/c1-12(2,3)10-7-13-11-6-5-9(15-4)8-14(10)11/h5-8H,1-4H3. The highest BCUT2D eigenvalue weighted by Gasteiger charge is 2.18. The van der Waals surface area contributed by atoms with Crippen molar-refractivity contribution in [1.82, 2.24) is 9.38 Å². The molecule has 2 rings (SSSR count). The van der Waals surface area contributed by atoms with Gasteiger partial charge in [-0.15, -0.1) is 0 Å². The Hall–Kier alpha value is -1.51. The predicted molar refractivity (Wildman–Crippen MR) is 60.4 cm³/mol. The van der Waals surface area contributed by atoms with Gasteiger partial charge in [0.15, 0.2) is 0 Å². The van der Waals surface area contributed by atoms with Gasteiger partial charge in [0.1, 0.15) is 11.4 Å². The fraction of sp³-hybridized carbons (Fsp3) is 0.417. The molecule has 0 bridgehead atoms. The van der Waals surface area contributed by atoms with Crippen LogP contribution in [0.3, 0.4) is 0 Å². The van der Waals surface area contributed by atoms with Crippen LogP contribution in [0, 0.1) is 0 Å². The zero-order valence-corrected chi connectivity index (χ0v) is 9.61. The minimum atomic E-state index is 0.0891. The van der Waals surface area contributed by atoms with Gasteiger partial charge in [-0.1, -0.05) is 20.8 Å². The number of pyridine rings is 1. The Balaban J connectivity index is 2.67. The highest BCUT2D eigenvalue weighted by Crippen LogP contribution is 2.24. The normalized spacial score (nSPS) is 12.0. The molecule has 3 heteroatoms. The first-order valence-corrected chi connectivity index (χ1v) is 5.04. The van der Waals surface area contributed by atoms with E-state index in [9.17, 15) is 0 Å². The molecular formula is C12H16N2O. The van der Waals surface area contributed by atoms with Gasteiger partial charge >= 0.3 is 0 Å². The van der Waals surface area contributed by atoms with Crippen molar-refractivity contribution >= 4 is 5.65 Å². The van der Waals surface area contributed by atoms with Crippen LogP contribution in [-0.2, 0) is 5.41 Å². The molecule has 0 aliphatic rings. The molecule has 2 aromatic heterocycles. The van der Waals surface area contributed by atoms with Crippen LogP contribution in [0.15, 0.2) is 24.5 Å². The van der Waals surface area contributed by atoms with Crippen molar-refractivity contribution in [2.75, 3.05) is 7.11 Å². The largest absolute Gasteiger partial charge is 0.495 e. The van der Waals surface area contributed by atoms with E-state index in [-0.39, 0.29) is 5.41 Å². The van der Waals surface area contributed by atoms with E-state index in [0.29, 0.717) is 0 Å². The van der Waals surface area contributed by atoms with Crippen LogP contribution in [0.1, 0.15) is 26.5 Å². The average molecular weight is 204 g/mol. The lowest BCUT2D eigenvalue weighted by Gasteiger charge is -2.17. The number of imidazole rings is 1. The number of hydrogen-bond donors (Lipinski definition) is 0. The number of nitrogens with zero attached hydrogens (tertiary/aromatic N) is 2. The maximum atomic E-state index is 5.21. The second-order valence-corrected chi connectivity index (χ2v) is 4.69. The lowest BCUT2D eigenvalue weighted by atomic mass is 9.93. The third-order valence-corrected chi connectivity index (χ3v) is 2.48. The molecule has 15 heavy (non-hydrogen) atoms.